The van der Waals surface area contributed by atoms with Gasteiger partial charge in [0.15, 0.2) is 5.78 Å². The van der Waals surface area contributed by atoms with Gasteiger partial charge in [-0.25, -0.2) is 4.79 Å². The van der Waals surface area contributed by atoms with Crippen molar-refractivity contribution in [2.45, 2.75) is 0 Å². The Morgan fingerprint density at radius 2 is 1.85 bits per heavy atom. The number of methoxy groups -OCH3 is 1. The molecule has 0 spiro atoms. The van der Waals surface area contributed by atoms with Crippen LogP contribution in [-0.2, 0) is 0 Å². The van der Waals surface area contributed by atoms with Gasteiger partial charge in [0, 0.05) is 4.88 Å². The van der Waals surface area contributed by atoms with Crippen LogP contribution in [0.15, 0.2) is 66.1 Å². The second-order valence-electron chi connectivity index (χ2n) is 5.52. The van der Waals surface area contributed by atoms with Crippen LogP contribution >= 0.6 is 11.3 Å². The van der Waals surface area contributed by atoms with Crippen LogP contribution in [0.25, 0.3) is 16.5 Å². The molecule has 0 bridgehead atoms. The van der Waals surface area contributed by atoms with E-state index in [4.69, 9.17) is 9.84 Å². The van der Waals surface area contributed by atoms with Gasteiger partial charge in [0.2, 0.25) is 0 Å². The molecule has 1 heterocycles. The van der Waals surface area contributed by atoms with Crippen molar-refractivity contribution in [2.24, 2.45) is 0 Å². The molecule has 0 fully saturated rings. The fraction of sp³-hybridized carbons (Fsp3) is 0.0476. The minimum Gasteiger partial charge on any atom is -0.496 e. The number of allylic oxidation sites excluding steroid dienone is 1. The number of aromatic carboxylic acids is 1. The maximum absolute atomic E-state index is 12.6. The van der Waals surface area contributed by atoms with E-state index < -0.39 is 5.97 Å². The highest BCUT2D eigenvalue weighted by Crippen LogP contribution is 2.30. The fourth-order valence-electron chi connectivity index (χ4n) is 2.50. The first kappa shape index (κ1) is 17.6. The van der Waals surface area contributed by atoms with Crippen molar-refractivity contribution >= 4 is 29.2 Å². The van der Waals surface area contributed by atoms with Gasteiger partial charge in [0.05, 0.1) is 18.2 Å². The van der Waals surface area contributed by atoms with Gasteiger partial charge in [0.1, 0.15) is 5.75 Å². The summed E-state index contributed by atoms with van der Waals surface area (Å²) in [5.74, 6) is -0.643. The van der Waals surface area contributed by atoms with E-state index in [2.05, 4.69) is 0 Å². The number of rotatable bonds is 6. The number of ketones is 1. The number of carbonyl (C=O) groups excluding carboxylic acids is 1. The Bertz CT molecular complexity index is 954. The maximum Gasteiger partial charge on any atom is 0.335 e. The average molecular weight is 364 g/mol. The Balaban J connectivity index is 1.86. The minimum atomic E-state index is -0.980. The molecule has 3 rings (SSSR count). The lowest BCUT2D eigenvalue weighted by Gasteiger charge is -2.08. The van der Waals surface area contributed by atoms with Gasteiger partial charge in [-0.05, 0) is 59.0 Å². The van der Waals surface area contributed by atoms with E-state index in [9.17, 15) is 9.59 Å². The van der Waals surface area contributed by atoms with Crippen molar-refractivity contribution in [1.82, 2.24) is 0 Å². The third kappa shape index (κ3) is 3.90. The number of hydrogen-bond donors (Lipinski definition) is 1. The smallest absolute Gasteiger partial charge is 0.335 e. The van der Waals surface area contributed by atoms with Crippen LogP contribution in [0.3, 0.4) is 0 Å². The molecule has 0 aliphatic rings. The zero-order valence-corrected chi connectivity index (χ0v) is 14.8. The molecule has 5 heteroatoms. The summed E-state index contributed by atoms with van der Waals surface area (Å²) in [6.07, 6.45) is 3.12. The van der Waals surface area contributed by atoms with E-state index in [1.54, 1.807) is 35.6 Å². The number of benzene rings is 2. The molecule has 1 N–H and O–H groups in total. The molecule has 0 amide bonds. The molecule has 2 aromatic carbocycles. The molecule has 0 atom stereocenters. The second-order valence-corrected chi connectivity index (χ2v) is 6.46. The molecular weight excluding hydrogens is 348 g/mol. The van der Waals surface area contributed by atoms with Crippen LogP contribution in [0.5, 0.6) is 5.75 Å². The van der Waals surface area contributed by atoms with Gasteiger partial charge in [-0.3, -0.25) is 4.79 Å². The highest BCUT2D eigenvalue weighted by molar-refractivity contribution is 7.13. The molecule has 130 valence electrons. The fourth-order valence-corrected chi connectivity index (χ4v) is 3.22. The first-order valence-corrected chi connectivity index (χ1v) is 8.74. The van der Waals surface area contributed by atoms with Crippen LogP contribution in [-0.4, -0.2) is 24.0 Å². The highest BCUT2D eigenvalue weighted by atomic mass is 32.1. The van der Waals surface area contributed by atoms with Gasteiger partial charge in [-0.2, -0.15) is 0 Å². The summed E-state index contributed by atoms with van der Waals surface area (Å²) in [6, 6.07) is 15.8. The zero-order chi connectivity index (χ0) is 18.5. The summed E-state index contributed by atoms with van der Waals surface area (Å²) in [5, 5.41) is 10.9. The minimum absolute atomic E-state index is 0.178. The number of carboxylic acids is 1. The molecular formula is C21H16O4S. The molecule has 0 aliphatic heterocycles. The molecule has 0 saturated carbocycles. The van der Waals surface area contributed by atoms with Gasteiger partial charge in [-0.1, -0.05) is 24.3 Å². The third-order valence-electron chi connectivity index (χ3n) is 3.86. The Morgan fingerprint density at radius 3 is 2.46 bits per heavy atom. The lowest BCUT2D eigenvalue weighted by atomic mass is 10.0. The van der Waals surface area contributed by atoms with Crippen LogP contribution in [0.1, 0.15) is 26.3 Å². The molecule has 4 nitrogen and oxygen atoms in total. The van der Waals surface area contributed by atoms with Crippen molar-refractivity contribution in [3.05, 3.63) is 82.7 Å². The Labute approximate surface area is 155 Å². The number of ether oxygens (including phenoxy) is 1. The molecule has 0 unspecified atom stereocenters. The van der Waals surface area contributed by atoms with Crippen molar-refractivity contribution < 1.29 is 19.4 Å². The first-order chi connectivity index (χ1) is 12.6. The predicted molar refractivity (Wildman–Crippen MR) is 103 cm³/mol. The van der Waals surface area contributed by atoms with E-state index >= 15 is 0 Å². The van der Waals surface area contributed by atoms with E-state index in [-0.39, 0.29) is 11.3 Å². The molecule has 0 radical (unpaired) electrons. The summed E-state index contributed by atoms with van der Waals surface area (Å²) in [7, 11) is 1.53. The van der Waals surface area contributed by atoms with Crippen molar-refractivity contribution in [3.63, 3.8) is 0 Å². The van der Waals surface area contributed by atoms with Gasteiger partial charge in [-0.15, -0.1) is 11.3 Å². The van der Waals surface area contributed by atoms with E-state index in [1.165, 1.54) is 25.3 Å². The Kier molecular flexibility index (Phi) is 5.29. The average Bonchev–Trinajstić information content (AvgIpc) is 3.20. The number of carbonyl (C=O) groups is 2. The molecule has 1 aromatic heterocycles. The van der Waals surface area contributed by atoms with E-state index in [0.717, 1.165) is 16.0 Å². The van der Waals surface area contributed by atoms with Crippen molar-refractivity contribution in [2.75, 3.05) is 7.11 Å². The first-order valence-electron chi connectivity index (χ1n) is 7.86. The van der Waals surface area contributed by atoms with Crippen LogP contribution < -0.4 is 4.74 Å². The lowest BCUT2D eigenvalue weighted by Crippen LogP contribution is -1.99. The summed E-state index contributed by atoms with van der Waals surface area (Å²) < 4.78 is 5.32. The largest absolute Gasteiger partial charge is 0.496 e. The van der Waals surface area contributed by atoms with Gasteiger partial charge in [0.25, 0.3) is 0 Å². The standard InChI is InChI=1S/C21H16O4S/c1-25-19-11-9-16(20-3-2-12-26-20)13-17(19)18(22)10-6-14-4-7-15(8-5-14)21(23)24/h2-13H,1H3,(H,23,24). The SMILES string of the molecule is COc1ccc(-c2cccs2)cc1C(=O)C=Cc1ccc(C(=O)O)cc1. The summed E-state index contributed by atoms with van der Waals surface area (Å²) >= 11 is 1.61. The molecule has 0 aliphatic carbocycles. The molecule has 3 aromatic rings. The van der Waals surface area contributed by atoms with Crippen molar-refractivity contribution in [3.8, 4) is 16.2 Å². The third-order valence-corrected chi connectivity index (χ3v) is 4.77. The molecule has 26 heavy (non-hydrogen) atoms. The lowest BCUT2D eigenvalue weighted by molar-refractivity contribution is 0.0696. The summed E-state index contributed by atoms with van der Waals surface area (Å²) in [5.41, 5.74) is 2.40. The highest BCUT2D eigenvalue weighted by Gasteiger charge is 2.12. The van der Waals surface area contributed by atoms with Crippen molar-refractivity contribution in [1.29, 1.82) is 0 Å². The van der Waals surface area contributed by atoms with Crippen LogP contribution in [0, 0.1) is 0 Å². The number of carboxylic acid groups (broad SMARTS) is 1. The predicted octanol–water partition coefficient (Wildman–Crippen LogP) is 5.02. The van der Waals surface area contributed by atoms with Gasteiger partial charge < -0.3 is 9.84 Å². The normalized spacial score (nSPS) is 10.8. The second kappa shape index (κ2) is 7.80. The van der Waals surface area contributed by atoms with E-state index in [0.29, 0.717) is 11.3 Å². The van der Waals surface area contributed by atoms with Crippen LogP contribution in [0.4, 0.5) is 0 Å². The number of thiophene rings is 1. The quantitative estimate of drug-likeness (QED) is 0.493. The topological polar surface area (TPSA) is 63.6 Å². The summed E-state index contributed by atoms with van der Waals surface area (Å²) in [4.78, 5) is 24.6. The summed E-state index contributed by atoms with van der Waals surface area (Å²) in [6.45, 7) is 0. The zero-order valence-electron chi connectivity index (χ0n) is 14.0. The van der Waals surface area contributed by atoms with E-state index in [1.807, 2.05) is 29.6 Å². The Morgan fingerprint density at radius 1 is 1.08 bits per heavy atom. The monoisotopic (exact) mass is 364 g/mol. The maximum atomic E-state index is 12.6. The molecule has 0 saturated heterocycles. The van der Waals surface area contributed by atoms with Gasteiger partial charge >= 0.3 is 5.97 Å². The number of hydrogen-bond acceptors (Lipinski definition) is 4. The van der Waals surface area contributed by atoms with Crippen LogP contribution in [0.2, 0.25) is 0 Å². The Hall–Kier alpha value is -3.18.